The number of nitrogens with one attached hydrogen (secondary N) is 1. The molecule has 0 spiro atoms. The molecule has 0 saturated heterocycles. The first-order valence-corrected chi connectivity index (χ1v) is 8.29. The summed E-state index contributed by atoms with van der Waals surface area (Å²) < 4.78 is 1.99. The zero-order valence-electron chi connectivity index (χ0n) is 14.0. The lowest BCUT2D eigenvalue weighted by molar-refractivity contribution is -0.116. The van der Waals surface area contributed by atoms with Gasteiger partial charge in [0, 0.05) is 32.6 Å². The number of aryl methyl sites for hydroxylation is 1. The summed E-state index contributed by atoms with van der Waals surface area (Å²) in [5.41, 5.74) is 1.84. The van der Waals surface area contributed by atoms with Crippen molar-refractivity contribution in [2.45, 2.75) is 45.1 Å². The molecule has 2 rings (SSSR count). The van der Waals surface area contributed by atoms with Crippen molar-refractivity contribution >= 4 is 11.8 Å². The minimum absolute atomic E-state index is 0.0179. The van der Waals surface area contributed by atoms with Crippen molar-refractivity contribution < 1.29 is 9.59 Å². The molecule has 6 heteroatoms. The third-order valence-corrected chi connectivity index (χ3v) is 4.01. The lowest BCUT2D eigenvalue weighted by atomic mass is 10.1. The van der Waals surface area contributed by atoms with Gasteiger partial charge in [0.25, 0.3) is 5.91 Å². The summed E-state index contributed by atoms with van der Waals surface area (Å²) in [6, 6.07) is 0. The first-order valence-electron chi connectivity index (χ1n) is 8.29. The minimum Gasteiger partial charge on any atom is -0.353 e. The van der Waals surface area contributed by atoms with Crippen LogP contribution in [0.1, 0.15) is 54.6 Å². The number of carbonyl (C=O) groups excluding carboxylic acids is 2. The quantitative estimate of drug-likeness (QED) is 0.559. The fraction of sp³-hybridized carbons (Fsp3) is 0.588. The first-order chi connectivity index (χ1) is 11.1. The first kappa shape index (κ1) is 17.2. The highest BCUT2D eigenvalue weighted by molar-refractivity contribution is 5.95. The number of carbonyl (C=O) groups is 2. The maximum Gasteiger partial charge on any atom is 0.257 e. The zero-order chi connectivity index (χ0) is 16.8. The third kappa shape index (κ3) is 4.43. The highest BCUT2D eigenvalue weighted by Gasteiger charge is 2.32. The molecule has 1 fully saturated rings. The molecule has 23 heavy (non-hydrogen) atoms. The van der Waals surface area contributed by atoms with Crippen molar-refractivity contribution in [3.05, 3.63) is 30.1 Å². The maximum atomic E-state index is 12.7. The highest BCUT2D eigenvalue weighted by Crippen LogP contribution is 2.41. The predicted molar refractivity (Wildman–Crippen MR) is 89.3 cm³/mol. The van der Waals surface area contributed by atoms with Gasteiger partial charge in [0.05, 0.1) is 17.5 Å². The molecule has 1 heterocycles. The van der Waals surface area contributed by atoms with Gasteiger partial charge in [-0.3, -0.25) is 14.3 Å². The van der Waals surface area contributed by atoms with Crippen molar-refractivity contribution in [1.82, 2.24) is 20.0 Å². The van der Waals surface area contributed by atoms with Crippen molar-refractivity contribution in [3.8, 4) is 0 Å². The van der Waals surface area contributed by atoms with E-state index in [0.717, 1.165) is 37.1 Å². The van der Waals surface area contributed by atoms with Crippen LogP contribution in [-0.4, -0.2) is 46.6 Å². The van der Waals surface area contributed by atoms with E-state index < -0.39 is 0 Å². The number of rotatable bonds is 9. The average Bonchev–Trinajstić information content (AvgIpc) is 3.31. The smallest absolute Gasteiger partial charge is 0.257 e. The van der Waals surface area contributed by atoms with Gasteiger partial charge >= 0.3 is 0 Å². The average molecular weight is 318 g/mol. The number of amides is 2. The summed E-state index contributed by atoms with van der Waals surface area (Å²) in [5.74, 6) is 0.323. The molecule has 1 aliphatic rings. The molecule has 1 aliphatic carbocycles. The van der Waals surface area contributed by atoms with Crippen LogP contribution in [0.5, 0.6) is 0 Å². The van der Waals surface area contributed by atoms with E-state index in [9.17, 15) is 9.59 Å². The van der Waals surface area contributed by atoms with Gasteiger partial charge in [0.15, 0.2) is 0 Å². The van der Waals surface area contributed by atoms with Crippen LogP contribution in [0.2, 0.25) is 0 Å². The fourth-order valence-electron chi connectivity index (χ4n) is 2.64. The Hall–Kier alpha value is -2.11. The van der Waals surface area contributed by atoms with Crippen LogP contribution in [0, 0.1) is 0 Å². The lowest BCUT2D eigenvalue weighted by Gasteiger charge is -2.17. The monoisotopic (exact) mass is 318 g/mol. The standard InChI is InChI=1S/C17H26N4O2/c1-4-10-21-16(13-7-8-13)14(12-19-21)17(23)20(3)11-6-9-18-15(22)5-2/h5,12-13H,2,4,6-11H2,1,3H3,(H,18,22). The molecule has 6 nitrogen and oxygen atoms in total. The zero-order valence-corrected chi connectivity index (χ0v) is 14.0. The Morgan fingerprint density at radius 3 is 2.87 bits per heavy atom. The molecular formula is C17H26N4O2. The van der Waals surface area contributed by atoms with Gasteiger partial charge in [-0.05, 0) is 31.8 Å². The topological polar surface area (TPSA) is 67.2 Å². The normalized spacial score (nSPS) is 13.7. The summed E-state index contributed by atoms with van der Waals surface area (Å²) in [7, 11) is 1.80. The van der Waals surface area contributed by atoms with Gasteiger partial charge in [0.2, 0.25) is 5.91 Å². The van der Waals surface area contributed by atoms with E-state index in [1.807, 2.05) is 4.68 Å². The Balaban J connectivity index is 1.94. The molecule has 0 bridgehead atoms. The van der Waals surface area contributed by atoms with E-state index >= 15 is 0 Å². The lowest BCUT2D eigenvalue weighted by Crippen LogP contribution is -2.31. The van der Waals surface area contributed by atoms with Gasteiger partial charge in [0.1, 0.15) is 0 Å². The molecule has 1 aromatic rings. The SMILES string of the molecule is C=CC(=O)NCCCN(C)C(=O)c1cnn(CCC)c1C1CC1. The molecule has 0 aliphatic heterocycles. The Labute approximate surface area is 137 Å². The number of aromatic nitrogens is 2. The summed E-state index contributed by atoms with van der Waals surface area (Å²) in [4.78, 5) is 25.5. The van der Waals surface area contributed by atoms with Crippen LogP contribution in [-0.2, 0) is 11.3 Å². The second kappa shape index (κ2) is 7.94. The van der Waals surface area contributed by atoms with E-state index in [4.69, 9.17) is 0 Å². The van der Waals surface area contributed by atoms with Crippen molar-refractivity contribution in [3.63, 3.8) is 0 Å². The van der Waals surface area contributed by atoms with E-state index in [0.29, 0.717) is 25.4 Å². The Morgan fingerprint density at radius 2 is 2.26 bits per heavy atom. The van der Waals surface area contributed by atoms with Crippen LogP contribution in [0.15, 0.2) is 18.9 Å². The molecule has 0 atom stereocenters. The molecular weight excluding hydrogens is 292 g/mol. The predicted octanol–water partition coefficient (Wildman–Crippen LogP) is 1.93. The second-order valence-electron chi connectivity index (χ2n) is 6.02. The van der Waals surface area contributed by atoms with Gasteiger partial charge in [-0.1, -0.05) is 13.5 Å². The molecule has 126 valence electrons. The molecule has 0 aromatic carbocycles. The van der Waals surface area contributed by atoms with Crippen LogP contribution in [0.25, 0.3) is 0 Å². The summed E-state index contributed by atoms with van der Waals surface area (Å²) in [6.45, 7) is 7.51. The number of hydrogen-bond acceptors (Lipinski definition) is 3. The molecule has 1 N–H and O–H groups in total. The van der Waals surface area contributed by atoms with Crippen molar-refractivity contribution in [2.75, 3.05) is 20.1 Å². The largest absolute Gasteiger partial charge is 0.353 e. The molecule has 1 saturated carbocycles. The van der Waals surface area contributed by atoms with Crippen LogP contribution in [0.4, 0.5) is 0 Å². The fourth-order valence-corrected chi connectivity index (χ4v) is 2.64. The Bertz CT molecular complexity index is 575. The van der Waals surface area contributed by atoms with E-state index in [1.54, 1.807) is 18.1 Å². The number of hydrogen-bond donors (Lipinski definition) is 1. The van der Waals surface area contributed by atoms with Crippen molar-refractivity contribution in [2.24, 2.45) is 0 Å². The van der Waals surface area contributed by atoms with Crippen LogP contribution < -0.4 is 5.32 Å². The van der Waals surface area contributed by atoms with E-state index in [2.05, 4.69) is 23.9 Å². The maximum absolute atomic E-state index is 12.7. The Kier molecular flexibility index (Phi) is 5.96. The number of nitrogens with zero attached hydrogens (tertiary/aromatic N) is 3. The van der Waals surface area contributed by atoms with Crippen molar-refractivity contribution in [1.29, 1.82) is 0 Å². The molecule has 0 unspecified atom stereocenters. The summed E-state index contributed by atoms with van der Waals surface area (Å²) in [6.07, 6.45) is 6.97. The molecule has 0 radical (unpaired) electrons. The van der Waals surface area contributed by atoms with Gasteiger partial charge < -0.3 is 10.2 Å². The second-order valence-corrected chi connectivity index (χ2v) is 6.02. The summed E-state index contributed by atoms with van der Waals surface area (Å²) in [5, 5.41) is 7.12. The van der Waals surface area contributed by atoms with E-state index in [-0.39, 0.29) is 11.8 Å². The molecule has 1 aromatic heterocycles. The van der Waals surface area contributed by atoms with Gasteiger partial charge in [-0.25, -0.2) is 0 Å². The van der Waals surface area contributed by atoms with Crippen LogP contribution >= 0.6 is 0 Å². The summed E-state index contributed by atoms with van der Waals surface area (Å²) >= 11 is 0. The van der Waals surface area contributed by atoms with Crippen LogP contribution in [0.3, 0.4) is 0 Å². The van der Waals surface area contributed by atoms with E-state index in [1.165, 1.54) is 6.08 Å². The third-order valence-electron chi connectivity index (χ3n) is 4.01. The highest BCUT2D eigenvalue weighted by atomic mass is 16.2. The van der Waals surface area contributed by atoms with Gasteiger partial charge in [-0.15, -0.1) is 0 Å². The van der Waals surface area contributed by atoms with Gasteiger partial charge in [-0.2, -0.15) is 5.10 Å². The Morgan fingerprint density at radius 1 is 1.52 bits per heavy atom. The minimum atomic E-state index is -0.184. The molecule has 2 amide bonds.